The molecule has 0 atom stereocenters. The Morgan fingerprint density at radius 2 is 0.977 bits per heavy atom. The number of anilines is 3. The summed E-state index contributed by atoms with van der Waals surface area (Å²) in [6, 6.07) is 34.5. The Hall–Kier alpha value is -4.31. The molecule has 43 heavy (non-hydrogen) atoms. The van der Waals surface area contributed by atoms with E-state index < -0.39 is 0 Å². The van der Waals surface area contributed by atoms with Crippen LogP contribution in [0.2, 0.25) is 0 Å². The zero-order valence-corrected chi connectivity index (χ0v) is 25.8. The van der Waals surface area contributed by atoms with Crippen LogP contribution in [0.5, 0.6) is 5.75 Å². The van der Waals surface area contributed by atoms with Gasteiger partial charge in [0.1, 0.15) is 5.75 Å². The van der Waals surface area contributed by atoms with E-state index in [1.807, 2.05) is 0 Å². The molecule has 0 amide bonds. The molecule has 4 nitrogen and oxygen atoms in total. The van der Waals surface area contributed by atoms with Gasteiger partial charge in [-0.2, -0.15) is 0 Å². The Morgan fingerprint density at radius 1 is 0.581 bits per heavy atom. The van der Waals surface area contributed by atoms with Crippen LogP contribution in [0.15, 0.2) is 110 Å². The Labute approximate surface area is 258 Å². The second-order valence-electron chi connectivity index (χ2n) is 11.1. The number of benzene rings is 4. The van der Waals surface area contributed by atoms with Gasteiger partial charge in [-0.1, -0.05) is 105 Å². The summed E-state index contributed by atoms with van der Waals surface area (Å²) in [5.41, 5.74) is 8.27. The molecule has 4 aromatic carbocycles. The molecular formula is C39H45NO3. The van der Waals surface area contributed by atoms with Crippen molar-refractivity contribution in [2.45, 2.75) is 65.2 Å². The molecule has 0 saturated carbocycles. The topological polar surface area (TPSA) is 38.8 Å². The molecule has 0 bridgehead atoms. The van der Waals surface area contributed by atoms with Crippen LogP contribution in [0.1, 0.15) is 62.5 Å². The zero-order chi connectivity index (χ0) is 30.3. The minimum atomic E-state index is -0.330. The summed E-state index contributed by atoms with van der Waals surface area (Å²) < 4.78 is 11.0. The molecule has 4 aromatic rings. The minimum Gasteiger partial charge on any atom is -0.494 e. The van der Waals surface area contributed by atoms with Gasteiger partial charge in [-0.05, 0) is 86.3 Å². The van der Waals surface area contributed by atoms with Gasteiger partial charge < -0.3 is 14.4 Å². The zero-order valence-electron chi connectivity index (χ0n) is 25.8. The lowest BCUT2D eigenvalue weighted by molar-refractivity contribution is -0.137. The summed E-state index contributed by atoms with van der Waals surface area (Å²) in [7, 11) is 0. The van der Waals surface area contributed by atoms with Crippen LogP contribution in [0.4, 0.5) is 17.1 Å². The van der Waals surface area contributed by atoms with E-state index in [0.717, 1.165) is 48.7 Å². The Balaban J connectivity index is 1.21. The fraction of sp³-hybridized carbons (Fsp3) is 0.308. The number of rotatable bonds is 17. The summed E-state index contributed by atoms with van der Waals surface area (Å²) >= 11 is 0. The summed E-state index contributed by atoms with van der Waals surface area (Å²) in [6.45, 7) is 8.88. The molecule has 0 aliphatic heterocycles. The van der Waals surface area contributed by atoms with E-state index in [9.17, 15) is 4.79 Å². The lowest BCUT2D eigenvalue weighted by atomic mass is 10.0. The van der Waals surface area contributed by atoms with Crippen molar-refractivity contribution in [1.29, 1.82) is 0 Å². The molecule has 0 aliphatic rings. The Morgan fingerprint density at radius 3 is 1.44 bits per heavy atom. The molecule has 224 valence electrons. The van der Waals surface area contributed by atoms with E-state index in [-0.39, 0.29) is 5.97 Å². The highest BCUT2D eigenvalue weighted by Crippen LogP contribution is 2.36. The van der Waals surface area contributed by atoms with Crippen LogP contribution in [0, 0.1) is 13.8 Å². The van der Waals surface area contributed by atoms with Gasteiger partial charge in [0.15, 0.2) is 0 Å². The van der Waals surface area contributed by atoms with Gasteiger partial charge in [-0.25, -0.2) is 4.79 Å². The molecule has 0 N–H and O–H groups in total. The maximum absolute atomic E-state index is 11.0. The molecular weight excluding hydrogens is 530 g/mol. The third-order valence-electron chi connectivity index (χ3n) is 7.62. The maximum Gasteiger partial charge on any atom is 0.330 e. The first-order chi connectivity index (χ1) is 21.0. The van der Waals surface area contributed by atoms with E-state index in [1.165, 1.54) is 60.4 Å². The van der Waals surface area contributed by atoms with Crippen LogP contribution in [0.25, 0.3) is 11.1 Å². The summed E-state index contributed by atoms with van der Waals surface area (Å²) in [6.07, 6.45) is 10.4. The van der Waals surface area contributed by atoms with Crippen LogP contribution in [-0.4, -0.2) is 19.2 Å². The standard InChI is InChI=1S/C39H45NO3/c1-4-39(41)43-30-12-10-8-6-5-7-9-11-29-42-38-27-19-34(20-28-38)33-17-25-37(26-18-33)40(35-21-13-31(2)14-22-35)36-23-15-32(3)16-24-36/h4,13-28H,1,5-12,29-30H2,2-3H3. The number of nitrogens with zero attached hydrogens (tertiary/aromatic N) is 1. The molecule has 0 saturated heterocycles. The first-order valence-electron chi connectivity index (χ1n) is 15.6. The lowest BCUT2D eigenvalue weighted by Crippen LogP contribution is -2.09. The van der Waals surface area contributed by atoms with Gasteiger partial charge >= 0.3 is 5.97 Å². The van der Waals surface area contributed by atoms with E-state index >= 15 is 0 Å². The average Bonchev–Trinajstić information content (AvgIpc) is 3.04. The predicted octanol–water partition coefficient (Wildman–Crippen LogP) is 10.7. The summed E-state index contributed by atoms with van der Waals surface area (Å²) in [4.78, 5) is 13.3. The molecule has 0 radical (unpaired) electrons. The highest BCUT2D eigenvalue weighted by atomic mass is 16.5. The van der Waals surface area contributed by atoms with Gasteiger partial charge in [-0.3, -0.25) is 0 Å². The van der Waals surface area contributed by atoms with Crippen LogP contribution >= 0.6 is 0 Å². The number of carbonyl (C=O) groups excluding carboxylic acids is 1. The number of esters is 1. The van der Waals surface area contributed by atoms with Crippen molar-refractivity contribution in [3.63, 3.8) is 0 Å². The van der Waals surface area contributed by atoms with Crippen LogP contribution < -0.4 is 9.64 Å². The highest BCUT2D eigenvalue weighted by Gasteiger charge is 2.12. The monoisotopic (exact) mass is 575 g/mol. The first-order valence-corrected chi connectivity index (χ1v) is 15.6. The van der Waals surface area contributed by atoms with Crippen molar-refractivity contribution in [2.75, 3.05) is 18.1 Å². The quantitative estimate of drug-likeness (QED) is 0.0713. The number of aryl methyl sites for hydroxylation is 2. The molecule has 0 unspecified atom stereocenters. The third kappa shape index (κ3) is 10.2. The van der Waals surface area contributed by atoms with Crippen molar-refractivity contribution >= 4 is 23.0 Å². The molecule has 0 fully saturated rings. The van der Waals surface area contributed by atoms with E-state index in [4.69, 9.17) is 9.47 Å². The van der Waals surface area contributed by atoms with Gasteiger partial charge in [0, 0.05) is 23.1 Å². The average molecular weight is 576 g/mol. The molecule has 4 heteroatoms. The predicted molar refractivity (Wildman–Crippen MR) is 180 cm³/mol. The van der Waals surface area contributed by atoms with Crippen molar-refractivity contribution in [3.8, 4) is 16.9 Å². The maximum atomic E-state index is 11.0. The van der Waals surface area contributed by atoms with E-state index in [2.05, 4.69) is 122 Å². The third-order valence-corrected chi connectivity index (χ3v) is 7.62. The molecule has 0 heterocycles. The number of carbonyl (C=O) groups is 1. The number of hydrogen-bond donors (Lipinski definition) is 0. The molecule has 4 rings (SSSR count). The fourth-order valence-corrected chi connectivity index (χ4v) is 5.07. The summed E-state index contributed by atoms with van der Waals surface area (Å²) in [5.74, 6) is 0.589. The molecule has 0 spiro atoms. The van der Waals surface area contributed by atoms with E-state index in [1.54, 1.807) is 0 Å². The normalized spacial score (nSPS) is 10.7. The van der Waals surface area contributed by atoms with Gasteiger partial charge in [0.2, 0.25) is 0 Å². The van der Waals surface area contributed by atoms with E-state index in [0.29, 0.717) is 6.61 Å². The fourth-order valence-electron chi connectivity index (χ4n) is 5.07. The SMILES string of the molecule is C=CC(=O)OCCCCCCCCCCOc1ccc(-c2ccc(N(c3ccc(C)cc3)c3ccc(C)cc3)cc2)cc1. The summed E-state index contributed by atoms with van der Waals surface area (Å²) in [5, 5.41) is 0. The van der Waals surface area contributed by atoms with Crippen molar-refractivity contribution in [1.82, 2.24) is 0 Å². The Kier molecular flexibility index (Phi) is 12.5. The lowest BCUT2D eigenvalue weighted by Gasteiger charge is -2.26. The van der Waals surface area contributed by atoms with Crippen LogP contribution in [0.3, 0.4) is 0 Å². The van der Waals surface area contributed by atoms with Gasteiger partial charge in [0.25, 0.3) is 0 Å². The van der Waals surface area contributed by atoms with Crippen molar-refractivity contribution in [2.24, 2.45) is 0 Å². The van der Waals surface area contributed by atoms with Gasteiger partial charge in [-0.15, -0.1) is 0 Å². The van der Waals surface area contributed by atoms with Crippen LogP contribution in [-0.2, 0) is 9.53 Å². The molecule has 0 aromatic heterocycles. The van der Waals surface area contributed by atoms with Gasteiger partial charge in [0.05, 0.1) is 13.2 Å². The molecule has 0 aliphatic carbocycles. The van der Waals surface area contributed by atoms with Crippen molar-refractivity contribution < 1.29 is 14.3 Å². The minimum absolute atomic E-state index is 0.330. The number of unbranched alkanes of at least 4 members (excludes halogenated alkanes) is 7. The smallest absolute Gasteiger partial charge is 0.330 e. The highest BCUT2D eigenvalue weighted by molar-refractivity contribution is 5.81. The number of ether oxygens (including phenoxy) is 2. The number of hydrogen-bond acceptors (Lipinski definition) is 4. The first kappa shape index (κ1) is 31.6. The Bertz CT molecular complexity index is 1350. The second kappa shape index (κ2) is 17.0. The largest absolute Gasteiger partial charge is 0.494 e. The second-order valence-corrected chi connectivity index (χ2v) is 11.1. The van der Waals surface area contributed by atoms with Crippen molar-refractivity contribution in [3.05, 3.63) is 121 Å².